The van der Waals surface area contributed by atoms with Gasteiger partial charge >= 0.3 is 6.18 Å². The van der Waals surface area contributed by atoms with Crippen molar-refractivity contribution in [2.75, 3.05) is 37.6 Å². The first-order valence-corrected chi connectivity index (χ1v) is 11.4. The monoisotopic (exact) mass is 443 g/mol. The van der Waals surface area contributed by atoms with Gasteiger partial charge in [-0.15, -0.1) is 0 Å². The molecule has 4 heterocycles. The summed E-state index contributed by atoms with van der Waals surface area (Å²) < 4.78 is 38.2. The number of nitrogens with zero attached hydrogens (tertiary/aromatic N) is 2. The van der Waals surface area contributed by atoms with Crippen molar-refractivity contribution in [3.05, 3.63) is 65.2 Å². The highest BCUT2D eigenvalue weighted by Crippen LogP contribution is 2.38. The van der Waals surface area contributed by atoms with Gasteiger partial charge in [-0.05, 0) is 73.5 Å². The Hall–Kier alpha value is -2.54. The second kappa shape index (κ2) is 8.43. The van der Waals surface area contributed by atoms with Gasteiger partial charge in [-0.2, -0.15) is 13.2 Å². The lowest BCUT2D eigenvalue weighted by molar-refractivity contribution is -0.137. The molecular weight excluding hydrogens is 415 g/mol. The highest BCUT2D eigenvalue weighted by Gasteiger charge is 2.41. The maximum Gasteiger partial charge on any atom is 0.416 e. The summed E-state index contributed by atoms with van der Waals surface area (Å²) in [6, 6.07) is 13.4. The molecule has 2 bridgehead atoms. The van der Waals surface area contributed by atoms with Crippen LogP contribution in [0.5, 0.6) is 0 Å². The van der Waals surface area contributed by atoms with Gasteiger partial charge in [0.05, 0.1) is 5.56 Å². The van der Waals surface area contributed by atoms with Gasteiger partial charge in [0.25, 0.3) is 5.91 Å². The fourth-order valence-electron chi connectivity index (χ4n) is 5.67. The summed E-state index contributed by atoms with van der Waals surface area (Å²) in [6.07, 6.45) is -1.01. The number of anilines is 1. The molecule has 0 spiro atoms. The minimum absolute atomic E-state index is 0.263. The van der Waals surface area contributed by atoms with Crippen molar-refractivity contribution in [3.63, 3.8) is 0 Å². The number of piperidine rings is 3. The fourth-order valence-corrected chi connectivity index (χ4v) is 5.67. The van der Waals surface area contributed by atoms with Crippen molar-refractivity contribution < 1.29 is 18.0 Å². The third-order valence-electron chi connectivity index (χ3n) is 7.42. The van der Waals surface area contributed by atoms with Gasteiger partial charge < -0.3 is 10.2 Å². The van der Waals surface area contributed by atoms with Crippen molar-refractivity contribution in [2.45, 2.75) is 31.5 Å². The number of carbonyl (C=O) groups is 1. The van der Waals surface area contributed by atoms with E-state index in [1.165, 1.54) is 29.8 Å². The fraction of sp³-hybridized carbons (Fsp3) is 0.480. The van der Waals surface area contributed by atoms with Crippen LogP contribution in [-0.4, -0.2) is 49.6 Å². The number of hydrogen-bond donors (Lipinski definition) is 1. The summed E-state index contributed by atoms with van der Waals surface area (Å²) in [4.78, 5) is 17.5. The molecule has 2 aromatic carbocycles. The highest BCUT2D eigenvalue weighted by molar-refractivity contribution is 5.94. The second-order valence-electron chi connectivity index (χ2n) is 9.30. The number of halogens is 3. The number of fused-ring (bicyclic) bond motifs is 4. The Bertz CT molecular complexity index is 975. The van der Waals surface area contributed by atoms with Crippen LogP contribution in [-0.2, 0) is 12.6 Å². The Balaban J connectivity index is 1.15. The van der Waals surface area contributed by atoms with Crippen molar-refractivity contribution in [2.24, 2.45) is 11.8 Å². The van der Waals surface area contributed by atoms with E-state index in [0.717, 1.165) is 51.2 Å². The van der Waals surface area contributed by atoms with Gasteiger partial charge in [0.2, 0.25) is 0 Å². The molecule has 1 N–H and O–H groups in total. The smallest absolute Gasteiger partial charge is 0.371 e. The van der Waals surface area contributed by atoms with Crippen LogP contribution in [0.4, 0.5) is 18.9 Å². The number of hydrogen-bond acceptors (Lipinski definition) is 3. The molecule has 0 saturated carbocycles. The molecule has 7 heteroatoms. The number of rotatable bonds is 5. The van der Waals surface area contributed by atoms with Crippen LogP contribution < -0.4 is 10.2 Å². The maximum absolute atomic E-state index is 12.7. The summed E-state index contributed by atoms with van der Waals surface area (Å²) in [5, 5.41) is 2.94. The van der Waals surface area contributed by atoms with E-state index in [0.29, 0.717) is 24.4 Å². The number of carbonyl (C=O) groups excluding carboxylic acids is 1. The molecular formula is C25H28F3N3O. The van der Waals surface area contributed by atoms with Crippen molar-refractivity contribution in [1.82, 2.24) is 10.2 Å². The molecule has 3 fully saturated rings. The van der Waals surface area contributed by atoms with Crippen LogP contribution in [0.2, 0.25) is 0 Å². The third kappa shape index (κ3) is 4.22. The van der Waals surface area contributed by atoms with Gasteiger partial charge in [0, 0.05) is 43.5 Å². The van der Waals surface area contributed by atoms with Crippen molar-refractivity contribution in [3.8, 4) is 0 Å². The molecule has 4 nitrogen and oxygen atoms in total. The lowest BCUT2D eigenvalue weighted by Gasteiger charge is -2.51. The van der Waals surface area contributed by atoms with E-state index in [-0.39, 0.29) is 11.5 Å². The summed E-state index contributed by atoms with van der Waals surface area (Å²) in [5.74, 6) is 0.976. The molecule has 0 radical (unpaired) electrons. The van der Waals surface area contributed by atoms with E-state index in [2.05, 4.69) is 39.4 Å². The minimum atomic E-state index is -4.39. The van der Waals surface area contributed by atoms with Gasteiger partial charge in [0.15, 0.2) is 0 Å². The minimum Gasteiger partial charge on any atom is -0.371 e. The molecule has 3 saturated heterocycles. The zero-order valence-corrected chi connectivity index (χ0v) is 17.9. The van der Waals surface area contributed by atoms with E-state index >= 15 is 0 Å². The predicted octanol–water partition coefficient (Wildman–Crippen LogP) is 4.21. The average molecular weight is 444 g/mol. The molecule has 0 aromatic heterocycles. The summed E-state index contributed by atoms with van der Waals surface area (Å²) in [6.45, 7) is 4.82. The van der Waals surface area contributed by atoms with Crippen LogP contribution in [0.3, 0.4) is 0 Å². The van der Waals surface area contributed by atoms with Crippen LogP contribution in [0.25, 0.3) is 0 Å². The van der Waals surface area contributed by atoms with E-state index in [9.17, 15) is 18.0 Å². The number of nitrogens with one attached hydrogen (secondary N) is 1. The normalized spacial score (nSPS) is 26.8. The highest BCUT2D eigenvalue weighted by atomic mass is 19.4. The van der Waals surface area contributed by atoms with Crippen LogP contribution >= 0.6 is 0 Å². The molecule has 1 amide bonds. The lowest BCUT2D eigenvalue weighted by atomic mass is 9.75. The predicted molar refractivity (Wildman–Crippen MR) is 118 cm³/mol. The van der Waals surface area contributed by atoms with Crippen molar-refractivity contribution in [1.29, 1.82) is 0 Å². The quantitative estimate of drug-likeness (QED) is 0.752. The van der Waals surface area contributed by atoms with E-state index < -0.39 is 11.7 Å². The Morgan fingerprint density at radius 2 is 1.84 bits per heavy atom. The Kier molecular flexibility index (Phi) is 5.61. The molecule has 0 aliphatic carbocycles. The van der Waals surface area contributed by atoms with Crippen LogP contribution in [0.1, 0.15) is 34.3 Å². The van der Waals surface area contributed by atoms with E-state index in [1.807, 2.05) is 0 Å². The van der Waals surface area contributed by atoms with Gasteiger partial charge in [-0.1, -0.05) is 18.2 Å². The Labute approximate surface area is 186 Å². The standard InChI is InChI=1S/C25H28F3N3O/c26-25(27,28)21-7-5-18(6-8-21)24(32)29-14-22-13-19-10-11-30(22)15-20(19)16-31-12-9-17-3-1-2-4-23(17)31/h1-8,19-20,22H,9-16H2,(H,29,32). The molecule has 4 unspecified atom stereocenters. The number of para-hydroxylation sites is 1. The second-order valence-corrected chi connectivity index (χ2v) is 9.30. The number of benzene rings is 2. The summed E-state index contributed by atoms with van der Waals surface area (Å²) in [5.41, 5.74) is 2.35. The first kappa shape index (κ1) is 21.3. The van der Waals surface area contributed by atoms with Crippen LogP contribution in [0.15, 0.2) is 48.5 Å². The van der Waals surface area contributed by atoms with E-state index in [4.69, 9.17) is 0 Å². The Morgan fingerprint density at radius 3 is 2.56 bits per heavy atom. The average Bonchev–Trinajstić information content (AvgIpc) is 3.20. The topological polar surface area (TPSA) is 35.6 Å². The van der Waals surface area contributed by atoms with Crippen molar-refractivity contribution >= 4 is 11.6 Å². The van der Waals surface area contributed by atoms with E-state index in [1.54, 1.807) is 0 Å². The third-order valence-corrected chi connectivity index (χ3v) is 7.42. The summed E-state index contributed by atoms with van der Waals surface area (Å²) >= 11 is 0. The molecule has 170 valence electrons. The first-order valence-electron chi connectivity index (χ1n) is 11.4. The number of amides is 1. The van der Waals surface area contributed by atoms with Gasteiger partial charge in [-0.25, -0.2) is 0 Å². The molecule has 2 aromatic rings. The van der Waals surface area contributed by atoms with Gasteiger partial charge in [0.1, 0.15) is 0 Å². The molecule has 32 heavy (non-hydrogen) atoms. The number of alkyl halides is 3. The molecule has 6 rings (SSSR count). The van der Waals surface area contributed by atoms with Crippen LogP contribution in [0, 0.1) is 11.8 Å². The largest absolute Gasteiger partial charge is 0.416 e. The molecule has 4 aliphatic heterocycles. The zero-order valence-electron chi connectivity index (χ0n) is 17.9. The van der Waals surface area contributed by atoms with Gasteiger partial charge in [-0.3, -0.25) is 9.69 Å². The summed E-state index contributed by atoms with van der Waals surface area (Å²) in [7, 11) is 0. The lowest BCUT2D eigenvalue weighted by Crippen LogP contribution is -2.58. The SMILES string of the molecule is O=C(NCC1CC2CCN1CC2CN1CCc2ccccc21)c1ccc(C(F)(F)F)cc1. The maximum atomic E-state index is 12.7. The first-order chi connectivity index (χ1) is 15.4. The molecule has 4 aliphatic rings. The Morgan fingerprint density at radius 1 is 1.06 bits per heavy atom. The molecule has 4 atom stereocenters. The zero-order chi connectivity index (χ0) is 22.3.